The predicted octanol–water partition coefficient (Wildman–Crippen LogP) is 4.00. The lowest BCUT2D eigenvalue weighted by atomic mass is 9.75. The number of unbranched alkanes of at least 4 members (excludes halogenated alkanes) is 1. The summed E-state index contributed by atoms with van der Waals surface area (Å²) in [7, 11) is 0. The van der Waals surface area contributed by atoms with Gasteiger partial charge in [-0.15, -0.1) is 0 Å². The first-order valence-electron chi connectivity index (χ1n) is 6.88. The van der Waals surface area contributed by atoms with E-state index in [9.17, 15) is 5.11 Å². The van der Waals surface area contributed by atoms with E-state index in [0.717, 1.165) is 11.8 Å². The Bertz CT molecular complexity index is 155. The van der Waals surface area contributed by atoms with Gasteiger partial charge in [0.25, 0.3) is 0 Å². The summed E-state index contributed by atoms with van der Waals surface area (Å²) in [5.41, 5.74) is 0. The molecule has 1 aliphatic carbocycles. The number of aliphatic hydroxyl groups is 1. The normalized spacial score (nSPS) is 29.0. The fourth-order valence-corrected chi connectivity index (χ4v) is 2.95. The van der Waals surface area contributed by atoms with Gasteiger partial charge in [0.1, 0.15) is 0 Å². The van der Waals surface area contributed by atoms with Crippen LogP contribution >= 0.6 is 0 Å². The molecule has 1 aliphatic rings. The van der Waals surface area contributed by atoms with Crippen LogP contribution in [0.1, 0.15) is 65.2 Å². The van der Waals surface area contributed by atoms with Gasteiger partial charge in [-0.05, 0) is 30.6 Å². The fraction of sp³-hybridized carbons (Fsp3) is 1.00. The second kappa shape index (κ2) is 7.27. The molecule has 0 aromatic heterocycles. The minimum absolute atomic E-state index is 0.406. The molecule has 0 bridgehead atoms. The SMILES string of the molecule is CCCCC(CO)CC1CCCCC1C. The summed E-state index contributed by atoms with van der Waals surface area (Å²) in [6.45, 7) is 5.04. The highest BCUT2D eigenvalue weighted by molar-refractivity contribution is 4.75. The van der Waals surface area contributed by atoms with Gasteiger partial charge in [0, 0.05) is 6.61 Å². The molecule has 0 amide bonds. The molecule has 1 fully saturated rings. The van der Waals surface area contributed by atoms with E-state index in [0.29, 0.717) is 12.5 Å². The second-order valence-electron chi connectivity index (χ2n) is 5.45. The Kier molecular flexibility index (Phi) is 6.31. The van der Waals surface area contributed by atoms with Crippen LogP contribution in [0, 0.1) is 17.8 Å². The van der Waals surface area contributed by atoms with Crippen LogP contribution in [0.15, 0.2) is 0 Å². The van der Waals surface area contributed by atoms with Crippen molar-refractivity contribution in [3.63, 3.8) is 0 Å². The summed E-state index contributed by atoms with van der Waals surface area (Å²) in [5.74, 6) is 2.37. The van der Waals surface area contributed by atoms with Crippen molar-refractivity contribution < 1.29 is 5.11 Å². The standard InChI is InChI=1S/C14H28O/c1-3-4-8-13(11-15)10-14-9-6-5-7-12(14)2/h12-15H,3-11H2,1-2H3. The van der Waals surface area contributed by atoms with Crippen LogP contribution in [0.5, 0.6) is 0 Å². The zero-order chi connectivity index (χ0) is 11.1. The van der Waals surface area contributed by atoms with E-state index in [-0.39, 0.29) is 0 Å². The van der Waals surface area contributed by atoms with Crippen molar-refractivity contribution in [3.8, 4) is 0 Å². The topological polar surface area (TPSA) is 20.2 Å². The van der Waals surface area contributed by atoms with Gasteiger partial charge >= 0.3 is 0 Å². The fourth-order valence-electron chi connectivity index (χ4n) is 2.95. The lowest BCUT2D eigenvalue weighted by Crippen LogP contribution is -2.21. The van der Waals surface area contributed by atoms with Gasteiger partial charge in [0.2, 0.25) is 0 Å². The van der Waals surface area contributed by atoms with Gasteiger partial charge in [-0.2, -0.15) is 0 Å². The van der Waals surface area contributed by atoms with E-state index in [1.54, 1.807) is 0 Å². The van der Waals surface area contributed by atoms with E-state index in [4.69, 9.17) is 0 Å². The van der Waals surface area contributed by atoms with Crippen LogP contribution in [0.4, 0.5) is 0 Å². The highest BCUT2D eigenvalue weighted by atomic mass is 16.3. The van der Waals surface area contributed by atoms with E-state index in [2.05, 4.69) is 13.8 Å². The van der Waals surface area contributed by atoms with Gasteiger partial charge < -0.3 is 5.11 Å². The molecule has 3 unspecified atom stereocenters. The first kappa shape index (κ1) is 13.0. The van der Waals surface area contributed by atoms with Gasteiger partial charge in [-0.3, -0.25) is 0 Å². The Morgan fingerprint density at radius 3 is 2.60 bits per heavy atom. The number of hydrogen-bond donors (Lipinski definition) is 1. The summed E-state index contributed by atoms with van der Waals surface area (Å²) in [6, 6.07) is 0. The maximum Gasteiger partial charge on any atom is 0.0459 e. The molecule has 0 aromatic carbocycles. The molecule has 0 aromatic rings. The molecule has 90 valence electrons. The van der Waals surface area contributed by atoms with Crippen molar-refractivity contribution in [3.05, 3.63) is 0 Å². The van der Waals surface area contributed by atoms with Crippen molar-refractivity contribution in [1.82, 2.24) is 0 Å². The van der Waals surface area contributed by atoms with Crippen molar-refractivity contribution in [2.24, 2.45) is 17.8 Å². The Morgan fingerprint density at radius 2 is 2.00 bits per heavy atom. The van der Waals surface area contributed by atoms with Crippen LogP contribution in [0.25, 0.3) is 0 Å². The third-order valence-corrected chi connectivity index (χ3v) is 4.15. The molecule has 1 heteroatoms. The van der Waals surface area contributed by atoms with Crippen LogP contribution in [0.3, 0.4) is 0 Å². The highest BCUT2D eigenvalue weighted by Gasteiger charge is 2.23. The van der Waals surface area contributed by atoms with E-state index in [1.807, 2.05) is 0 Å². The molecule has 0 saturated heterocycles. The molecule has 1 nitrogen and oxygen atoms in total. The average Bonchev–Trinajstić information content (AvgIpc) is 2.26. The number of hydrogen-bond acceptors (Lipinski definition) is 1. The van der Waals surface area contributed by atoms with Crippen LogP contribution in [0.2, 0.25) is 0 Å². The van der Waals surface area contributed by atoms with Crippen LogP contribution in [-0.2, 0) is 0 Å². The first-order valence-corrected chi connectivity index (χ1v) is 6.88. The molecular formula is C14H28O. The molecule has 1 rings (SSSR count). The van der Waals surface area contributed by atoms with Crippen LogP contribution < -0.4 is 0 Å². The Hall–Kier alpha value is -0.0400. The molecule has 3 atom stereocenters. The maximum atomic E-state index is 9.37. The molecular weight excluding hydrogens is 184 g/mol. The number of rotatable bonds is 6. The smallest absolute Gasteiger partial charge is 0.0459 e. The molecule has 0 heterocycles. The lowest BCUT2D eigenvalue weighted by molar-refractivity contribution is 0.150. The van der Waals surface area contributed by atoms with Gasteiger partial charge in [-0.1, -0.05) is 52.4 Å². The lowest BCUT2D eigenvalue weighted by Gasteiger charge is -2.31. The predicted molar refractivity (Wildman–Crippen MR) is 65.8 cm³/mol. The largest absolute Gasteiger partial charge is 0.396 e. The monoisotopic (exact) mass is 212 g/mol. The highest BCUT2D eigenvalue weighted by Crippen LogP contribution is 2.34. The third-order valence-electron chi connectivity index (χ3n) is 4.15. The summed E-state index contributed by atoms with van der Waals surface area (Å²) in [5, 5.41) is 9.37. The summed E-state index contributed by atoms with van der Waals surface area (Å²) in [6.07, 6.45) is 10.7. The van der Waals surface area contributed by atoms with Crippen LogP contribution in [-0.4, -0.2) is 11.7 Å². The number of aliphatic hydroxyl groups excluding tert-OH is 1. The van der Waals surface area contributed by atoms with E-state index >= 15 is 0 Å². The van der Waals surface area contributed by atoms with Crippen molar-refractivity contribution in [2.45, 2.75) is 65.2 Å². The molecule has 0 spiro atoms. The Balaban J connectivity index is 2.29. The Morgan fingerprint density at radius 1 is 1.27 bits per heavy atom. The summed E-state index contributed by atoms with van der Waals surface area (Å²) >= 11 is 0. The minimum Gasteiger partial charge on any atom is -0.396 e. The quantitative estimate of drug-likeness (QED) is 0.705. The van der Waals surface area contributed by atoms with E-state index < -0.39 is 0 Å². The summed E-state index contributed by atoms with van der Waals surface area (Å²) in [4.78, 5) is 0. The molecule has 15 heavy (non-hydrogen) atoms. The van der Waals surface area contributed by atoms with Crippen molar-refractivity contribution in [2.75, 3.05) is 6.61 Å². The zero-order valence-electron chi connectivity index (χ0n) is 10.5. The maximum absolute atomic E-state index is 9.37. The Labute approximate surface area is 95.3 Å². The summed E-state index contributed by atoms with van der Waals surface area (Å²) < 4.78 is 0. The minimum atomic E-state index is 0.406. The molecule has 0 aliphatic heterocycles. The van der Waals surface area contributed by atoms with Gasteiger partial charge in [0.05, 0.1) is 0 Å². The molecule has 0 radical (unpaired) electrons. The third kappa shape index (κ3) is 4.55. The van der Waals surface area contributed by atoms with Gasteiger partial charge in [0.15, 0.2) is 0 Å². The zero-order valence-corrected chi connectivity index (χ0v) is 10.5. The van der Waals surface area contributed by atoms with Crippen molar-refractivity contribution in [1.29, 1.82) is 0 Å². The molecule has 1 N–H and O–H groups in total. The van der Waals surface area contributed by atoms with Crippen molar-refractivity contribution >= 4 is 0 Å². The first-order chi connectivity index (χ1) is 7.27. The average molecular weight is 212 g/mol. The van der Waals surface area contributed by atoms with E-state index in [1.165, 1.54) is 51.4 Å². The van der Waals surface area contributed by atoms with Gasteiger partial charge in [-0.25, -0.2) is 0 Å². The second-order valence-corrected chi connectivity index (χ2v) is 5.45. The molecule has 1 saturated carbocycles.